The zero-order valence-corrected chi connectivity index (χ0v) is 19.3. The van der Waals surface area contributed by atoms with Crippen LogP contribution >= 0.6 is 0 Å². The van der Waals surface area contributed by atoms with Gasteiger partial charge in [0, 0.05) is 18.2 Å². The highest BCUT2D eigenvalue weighted by Crippen LogP contribution is 2.61. The van der Waals surface area contributed by atoms with E-state index in [1.54, 1.807) is 0 Å². The van der Waals surface area contributed by atoms with Crippen molar-refractivity contribution in [1.29, 1.82) is 0 Å². The highest BCUT2D eigenvalue weighted by Gasteiger charge is 2.51. The molecule has 0 unspecified atom stereocenters. The van der Waals surface area contributed by atoms with Gasteiger partial charge in [0.05, 0.1) is 11.3 Å². The van der Waals surface area contributed by atoms with Crippen molar-refractivity contribution in [3.63, 3.8) is 0 Å². The third-order valence-corrected chi connectivity index (χ3v) is 7.76. The monoisotopic (exact) mass is 488 g/mol. The fourth-order valence-electron chi connectivity index (χ4n) is 6.86. The van der Waals surface area contributed by atoms with Gasteiger partial charge < -0.3 is 0 Å². The van der Waals surface area contributed by atoms with Gasteiger partial charge in [0.2, 0.25) is 11.3 Å². The van der Waals surface area contributed by atoms with Crippen LogP contribution < -0.4 is 16.3 Å². The van der Waals surface area contributed by atoms with E-state index in [1.165, 1.54) is 38.3 Å². The van der Waals surface area contributed by atoms with Crippen LogP contribution in [0.3, 0.4) is 0 Å². The first-order valence-corrected chi connectivity index (χ1v) is 11.9. The quantitative estimate of drug-likeness (QED) is 0.638. The molecule has 186 valence electrons. The third kappa shape index (κ3) is 4.70. The van der Waals surface area contributed by atoms with Gasteiger partial charge in [0.25, 0.3) is 5.91 Å². The molecule has 6 rings (SSSR count). The summed E-state index contributed by atoms with van der Waals surface area (Å²) in [6.07, 6.45) is 2.68. The summed E-state index contributed by atoms with van der Waals surface area (Å²) in [6, 6.07) is 5.56. The molecule has 4 fully saturated rings. The maximum absolute atomic E-state index is 13.1. The molecule has 0 saturated heterocycles. The van der Waals surface area contributed by atoms with Crippen LogP contribution in [0, 0.1) is 30.1 Å². The number of alkyl halides is 3. The van der Waals surface area contributed by atoms with E-state index in [0.717, 1.165) is 42.1 Å². The molecule has 4 saturated carbocycles. The average Bonchev–Trinajstić information content (AvgIpc) is 2.76. The van der Waals surface area contributed by atoms with Crippen molar-refractivity contribution < 1.29 is 22.8 Å². The summed E-state index contributed by atoms with van der Waals surface area (Å²) < 4.78 is 40.5. The first-order valence-electron chi connectivity index (χ1n) is 11.9. The Labute approximate surface area is 200 Å². The lowest BCUT2D eigenvalue weighted by atomic mass is 9.49. The summed E-state index contributed by atoms with van der Waals surface area (Å²) in [5.41, 5.74) is 2.88. The maximum atomic E-state index is 13.1. The van der Waals surface area contributed by atoms with E-state index in [0.29, 0.717) is 24.2 Å². The molecule has 1 aromatic heterocycles. The van der Waals surface area contributed by atoms with Gasteiger partial charge >= 0.3 is 6.18 Å². The third-order valence-electron chi connectivity index (χ3n) is 7.76. The highest BCUT2D eigenvalue weighted by molar-refractivity contribution is 5.93. The van der Waals surface area contributed by atoms with Gasteiger partial charge in [-0.3, -0.25) is 25.2 Å². The minimum absolute atomic E-state index is 0.0120. The van der Waals surface area contributed by atoms with Crippen LogP contribution in [0.2, 0.25) is 0 Å². The SMILES string of the molecule is Cc1cc(=O)c(C(=O)NNC(=O)CC23CC4CC(CC(C4)C2)C3)nn1-c1cccc(C(F)(F)F)c1. The fourth-order valence-corrected chi connectivity index (χ4v) is 6.86. The molecule has 2 amide bonds. The standard InChI is InChI=1S/C25H27F3N4O3/c1-14-5-20(33)22(31-32(14)19-4-2-3-18(9-19)25(26,27)28)23(35)30-29-21(34)13-24-10-15-6-16(11-24)8-17(7-15)12-24/h2-5,9,15-17H,6-8,10-13H2,1H3,(H,29,34)(H,30,35). The molecule has 2 N–H and O–H groups in total. The van der Waals surface area contributed by atoms with Crippen LogP contribution in [0.4, 0.5) is 13.2 Å². The van der Waals surface area contributed by atoms with Gasteiger partial charge in [0.1, 0.15) is 0 Å². The molecule has 0 aliphatic heterocycles. The zero-order valence-electron chi connectivity index (χ0n) is 19.3. The van der Waals surface area contributed by atoms with Gasteiger partial charge in [-0.1, -0.05) is 6.07 Å². The van der Waals surface area contributed by atoms with Crippen molar-refractivity contribution in [2.24, 2.45) is 23.2 Å². The predicted molar refractivity (Wildman–Crippen MR) is 120 cm³/mol. The van der Waals surface area contributed by atoms with E-state index < -0.39 is 28.8 Å². The molecular formula is C25H27F3N4O3. The van der Waals surface area contributed by atoms with E-state index in [4.69, 9.17) is 0 Å². The van der Waals surface area contributed by atoms with Crippen LogP contribution in [-0.4, -0.2) is 21.6 Å². The Hall–Kier alpha value is -3.17. The Morgan fingerprint density at radius 1 is 1.06 bits per heavy atom. The van der Waals surface area contributed by atoms with Gasteiger partial charge in [-0.2, -0.15) is 18.3 Å². The summed E-state index contributed by atoms with van der Waals surface area (Å²) >= 11 is 0. The minimum atomic E-state index is -4.55. The number of hydrogen-bond acceptors (Lipinski definition) is 4. The zero-order chi connectivity index (χ0) is 25.0. The lowest BCUT2D eigenvalue weighted by molar-refractivity contribution is -0.137. The lowest BCUT2D eigenvalue weighted by Crippen LogP contribution is -2.50. The normalized spacial score (nSPS) is 27.0. The Morgan fingerprint density at radius 2 is 1.69 bits per heavy atom. The first-order chi connectivity index (χ1) is 16.5. The number of aromatic nitrogens is 2. The van der Waals surface area contributed by atoms with E-state index >= 15 is 0 Å². The minimum Gasteiger partial charge on any atom is -0.287 e. The molecule has 4 aliphatic rings. The molecular weight excluding hydrogens is 461 g/mol. The maximum Gasteiger partial charge on any atom is 0.416 e. The van der Waals surface area contributed by atoms with Crippen molar-refractivity contribution in [2.45, 2.75) is 58.0 Å². The van der Waals surface area contributed by atoms with Gasteiger partial charge in [-0.25, -0.2) is 4.68 Å². The molecule has 4 bridgehead atoms. The summed E-state index contributed by atoms with van der Waals surface area (Å²) in [4.78, 5) is 37.8. The number of amides is 2. The number of carbonyl (C=O) groups is 2. The van der Waals surface area contributed by atoms with Crippen molar-refractivity contribution in [3.05, 3.63) is 57.5 Å². The Morgan fingerprint density at radius 3 is 2.29 bits per heavy atom. The highest BCUT2D eigenvalue weighted by atomic mass is 19.4. The molecule has 0 atom stereocenters. The van der Waals surface area contributed by atoms with E-state index in [2.05, 4.69) is 16.0 Å². The van der Waals surface area contributed by atoms with Crippen molar-refractivity contribution in [1.82, 2.24) is 20.6 Å². The van der Waals surface area contributed by atoms with E-state index in [9.17, 15) is 27.6 Å². The average molecular weight is 489 g/mol. The molecule has 7 nitrogen and oxygen atoms in total. The second kappa shape index (κ2) is 8.49. The number of nitrogens with zero attached hydrogens (tertiary/aromatic N) is 2. The van der Waals surface area contributed by atoms with Gasteiger partial charge in [-0.05, 0) is 86.8 Å². The molecule has 35 heavy (non-hydrogen) atoms. The predicted octanol–water partition coefficient (Wildman–Crippen LogP) is 3.93. The Kier molecular flexibility index (Phi) is 5.72. The molecule has 1 heterocycles. The number of rotatable bonds is 4. The number of carbonyl (C=O) groups excluding carboxylic acids is 2. The Balaban J connectivity index is 1.29. The summed E-state index contributed by atoms with van der Waals surface area (Å²) in [6.45, 7) is 1.50. The van der Waals surface area contributed by atoms with E-state index in [-0.39, 0.29) is 22.7 Å². The first kappa shape index (κ1) is 23.6. The smallest absolute Gasteiger partial charge is 0.287 e. The summed E-state index contributed by atoms with van der Waals surface area (Å²) in [7, 11) is 0. The van der Waals surface area contributed by atoms with Crippen molar-refractivity contribution in [2.75, 3.05) is 0 Å². The van der Waals surface area contributed by atoms with Gasteiger partial charge in [-0.15, -0.1) is 0 Å². The van der Waals surface area contributed by atoms with Gasteiger partial charge in [0.15, 0.2) is 5.69 Å². The largest absolute Gasteiger partial charge is 0.416 e. The molecule has 4 aliphatic carbocycles. The number of hydrogen-bond donors (Lipinski definition) is 2. The second-order valence-corrected chi connectivity index (χ2v) is 10.6. The number of aryl methyl sites for hydroxylation is 1. The number of hydrazine groups is 1. The molecule has 2 aromatic rings. The topological polar surface area (TPSA) is 93.1 Å². The van der Waals surface area contributed by atoms with E-state index in [1.807, 2.05) is 0 Å². The van der Waals surface area contributed by atoms with Crippen LogP contribution in [0.25, 0.3) is 5.69 Å². The molecule has 0 radical (unpaired) electrons. The van der Waals surface area contributed by atoms with Crippen LogP contribution in [0.5, 0.6) is 0 Å². The number of halogens is 3. The Bertz CT molecular complexity index is 1200. The van der Waals surface area contributed by atoms with Crippen LogP contribution in [0.1, 0.15) is 66.7 Å². The second-order valence-electron chi connectivity index (χ2n) is 10.6. The van der Waals surface area contributed by atoms with Crippen LogP contribution in [-0.2, 0) is 11.0 Å². The number of nitrogens with one attached hydrogen (secondary N) is 2. The number of benzene rings is 1. The fraction of sp³-hybridized carbons (Fsp3) is 0.520. The molecule has 1 aromatic carbocycles. The van der Waals surface area contributed by atoms with Crippen LogP contribution in [0.15, 0.2) is 35.1 Å². The lowest BCUT2D eigenvalue weighted by Gasteiger charge is -2.56. The molecule has 0 spiro atoms. The van der Waals surface area contributed by atoms with Crippen molar-refractivity contribution >= 4 is 11.8 Å². The summed E-state index contributed by atoms with van der Waals surface area (Å²) in [5, 5.41) is 4.00. The molecule has 10 heteroatoms. The summed E-state index contributed by atoms with van der Waals surface area (Å²) in [5.74, 6) is 0.833. The van der Waals surface area contributed by atoms with Crippen molar-refractivity contribution in [3.8, 4) is 5.69 Å².